The molecule has 0 radical (unpaired) electrons. The third-order valence-corrected chi connectivity index (χ3v) is 7.84. The highest BCUT2D eigenvalue weighted by Crippen LogP contribution is 2.40. The van der Waals surface area contributed by atoms with E-state index in [1.807, 2.05) is 18.2 Å². The highest BCUT2D eigenvalue weighted by molar-refractivity contribution is 6.13. The van der Waals surface area contributed by atoms with Crippen molar-refractivity contribution in [3.8, 4) is 56.4 Å². The summed E-state index contributed by atoms with van der Waals surface area (Å²) in [5.41, 5.74) is 2.24. The molecule has 9 aromatic rings. The fraction of sp³-hybridized carbons (Fsp3) is 0. The van der Waals surface area contributed by atoms with Gasteiger partial charge in [-0.05, 0) is 63.3 Å². The molecular weight excluding hydrogens is 574 g/mol. The van der Waals surface area contributed by atoms with Crippen molar-refractivity contribution in [2.45, 2.75) is 0 Å². The molecular formula is C43H27N3O. The molecule has 2 heterocycles. The highest BCUT2D eigenvalue weighted by Gasteiger charge is 2.19. The van der Waals surface area contributed by atoms with Crippen molar-refractivity contribution >= 4 is 32.7 Å². The zero-order valence-electron chi connectivity index (χ0n) is 35.5. The summed E-state index contributed by atoms with van der Waals surface area (Å²) in [6.07, 6.45) is 0. The van der Waals surface area contributed by atoms with Crippen LogP contribution >= 0.6 is 0 Å². The van der Waals surface area contributed by atoms with Gasteiger partial charge in [-0.3, -0.25) is 0 Å². The minimum Gasteiger partial charge on any atom is -0.456 e. The standard InChI is InChI=1S/C43H27N3O/c1-4-12-28(13-5-1)32-22-20-30-21-23-33(25-34(30)24-32)42-44-41(31-16-8-3-9-17-31)45-43(46-42)37-26-35(29-14-6-2-7-15-29)27-39-40(37)36-18-10-11-19-38(36)47-39/h1-27H/i2D,6D,7D,14D,15D,20D,21D,22D,23D,24D,25D. The molecule has 0 saturated heterocycles. The Labute approximate surface area is 287 Å². The lowest BCUT2D eigenvalue weighted by Crippen LogP contribution is -2.00. The molecule has 7 aromatic carbocycles. The quantitative estimate of drug-likeness (QED) is 0.194. The van der Waals surface area contributed by atoms with Crippen LogP contribution in [0.2, 0.25) is 0 Å². The smallest absolute Gasteiger partial charge is 0.164 e. The predicted molar refractivity (Wildman–Crippen MR) is 192 cm³/mol. The van der Waals surface area contributed by atoms with Crippen molar-refractivity contribution in [1.29, 1.82) is 0 Å². The molecule has 0 aliphatic carbocycles. The number of aromatic nitrogens is 3. The highest BCUT2D eigenvalue weighted by atomic mass is 16.3. The fourth-order valence-corrected chi connectivity index (χ4v) is 5.63. The third-order valence-electron chi connectivity index (χ3n) is 7.84. The molecule has 0 atom stereocenters. The Morgan fingerprint density at radius 1 is 0.447 bits per heavy atom. The minimum absolute atomic E-state index is 0.0267. The molecule has 0 fully saturated rings. The number of nitrogens with zero attached hydrogens (tertiary/aromatic N) is 3. The zero-order valence-corrected chi connectivity index (χ0v) is 24.5. The summed E-state index contributed by atoms with van der Waals surface area (Å²) in [7, 11) is 0. The minimum atomic E-state index is -0.539. The summed E-state index contributed by atoms with van der Waals surface area (Å²) < 4.78 is 103. The van der Waals surface area contributed by atoms with Crippen LogP contribution in [0.4, 0.5) is 0 Å². The summed E-state index contributed by atoms with van der Waals surface area (Å²) in [6, 6.07) is 23.4. The van der Waals surface area contributed by atoms with E-state index in [0.29, 0.717) is 38.6 Å². The number of benzene rings is 7. The van der Waals surface area contributed by atoms with Gasteiger partial charge in [-0.2, -0.15) is 0 Å². The normalized spacial score (nSPS) is 14.7. The molecule has 0 saturated carbocycles. The molecule has 220 valence electrons. The number of hydrogen-bond donors (Lipinski definition) is 0. The number of fused-ring (bicyclic) bond motifs is 4. The first-order valence-corrected chi connectivity index (χ1v) is 14.8. The van der Waals surface area contributed by atoms with Crippen LogP contribution in [0.1, 0.15) is 15.1 Å². The first-order valence-electron chi connectivity index (χ1n) is 20.3. The molecule has 0 N–H and O–H groups in total. The summed E-state index contributed by atoms with van der Waals surface area (Å²) in [5, 5.41) is 0.934. The molecule has 9 rings (SSSR count). The van der Waals surface area contributed by atoms with Crippen LogP contribution < -0.4 is 0 Å². The van der Waals surface area contributed by atoms with Crippen LogP contribution in [0.5, 0.6) is 0 Å². The molecule has 0 spiro atoms. The molecule has 4 heteroatoms. The molecule has 0 bridgehead atoms. The van der Waals surface area contributed by atoms with Crippen LogP contribution in [-0.4, -0.2) is 15.0 Å². The average molecular weight is 613 g/mol. The second-order valence-corrected chi connectivity index (χ2v) is 10.8. The zero-order chi connectivity index (χ0) is 40.7. The van der Waals surface area contributed by atoms with Gasteiger partial charge in [0.15, 0.2) is 17.5 Å². The number of hydrogen-bond acceptors (Lipinski definition) is 4. The molecule has 0 aliphatic rings. The summed E-state index contributed by atoms with van der Waals surface area (Å²) in [4.78, 5) is 14.5. The lowest BCUT2D eigenvalue weighted by Gasteiger charge is -2.12. The Kier molecular flexibility index (Phi) is 4.27. The summed E-state index contributed by atoms with van der Waals surface area (Å²) in [5.74, 6) is -0.0108. The van der Waals surface area contributed by atoms with Gasteiger partial charge >= 0.3 is 0 Å². The van der Waals surface area contributed by atoms with Crippen LogP contribution in [0.25, 0.3) is 89.1 Å². The topological polar surface area (TPSA) is 51.8 Å². The Hall–Kier alpha value is -6.39. The van der Waals surface area contributed by atoms with Crippen LogP contribution in [-0.2, 0) is 0 Å². The van der Waals surface area contributed by atoms with E-state index in [1.54, 1.807) is 78.9 Å². The van der Waals surface area contributed by atoms with E-state index in [0.717, 1.165) is 0 Å². The predicted octanol–water partition coefficient (Wildman–Crippen LogP) is 11.3. The molecule has 0 unspecified atom stereocenters. The van der Waals surface area contributed by atoms with E-state index in [4.69, 9.17) is 30.3 Å². The van der Waals surface area contributed by atoms with Gasteiger partial charge in [0.25, 0.3) is 0 Å². The van der Waals surface area contributed by atoms with Gasteiger partial charge < -0.3 is 4.42 Å². The van der Waals surface area contributed by atoms with E-state index in [1.165, 1.54) is 0 Å². The van der Waals surface area contributed by atoms with Crippen LogP contribution in [0.3, 0.4) is 0 Å². The largest absolute Gasteiger partial charge is 0.456 e. The fourth-order valence-electron chi connectivity index (χ4n) is 5.63. The maximum absolute atomic E-state index is 9.52. The number of para-hydroxylation sites is 1. The van der Waals surface area contributed by atoms with Crippen LogP contribution in [0.15, 0.2) is 168 Å². The van der Waals surface area contributed by atoms with E-state index >= 15 is 0 Å². The first-order chi connectivity index (χ1) is 27.9. The van der Waals surface area contributed by atoms with Gasteiger partial charge in [-0.15, -0.1) is 0 Å². The first kappa shape index (κ1) is 17.9. The van der Waals surface area contributed by atoms with E-state index in [9.17, 15) is 4.11 Å². The average Bonchev–Trinajstić information content (AvgIpc) is 3.62. The van der Waals surface area contributed by atoms with Gasteiger partial charge in [-0.25, -0.2) is 15.0 Å². The van der Waals surface area contributed by atoms with Crippen LogP contribution in [0, 0.1) is 0 Å². The van der Waals surface area contributed by atoms with Gasteiger partial charge in [0.2, 0.25) is 0 Å². The van der Waals surface area contributed by atoms with Gasteiger partial charge in [-0.1, -0.05) is 133 Å². The Morgan fingerprint density at radius 3 is 1.87 bits per heavy atom. The van der Waals surface area contributed by atoms with E-state index in [2.05, 4.69) is 0 Å². The molecule has 2 aromatic heterocycles. The summed E-state index contributed by atoms with van der Waals surface area (Å²) in [6.45, 7) is 0. The Balaban J connectivity index is 1.40. The second-order valence-electron chi connectivity index (χ2n) is 10.8. The maximum atomic E-state index is 9.52. The van der Waals surface area contributed by atoms with E-state index in [-0.39, 0.29) is 74.7 Å². The van der Waals surface area contributed by atoms with Crippen molar-refractivity contribution in [2.24, 2.45) is 0 Å². The van der Waals surface area contributed by atoms with Gasteiger partial charge in [0, 0.05) is 27.5 Å². The van der Waals surface area contributed by atoms with Crippen molar-refractivity contribution < 1.29 is 19.5 Å². The van der Waals surface area contributed by atoms with Gasteiger partial charge in [0.05, 0.1) is 15.1 Å². The van der Waals surface area contributed by atoms with Crippen molar-refractivity contribution in [3.05, 3.63) is 164 Å². The molecule has 47 heavy (non-hydrogen) atoms. The summed E-state index contributed by atoms with van der Waals surface area (Å²) >= 11 is 0. The lowest BCUT2D eigenvalue weighted by atomic mass is 9.98. The van der Waals surface area contributed by atoms with Gasteiger partial charge in [0.1, 0.15) is 11.2 Å². The third kappa shape index (κ3) is 4.93. The van der Waals surface area contributed by atoms with Crippen molar-refractivity contribution in [1.82, 2.24) is 15.0 Å². The SMILES string of the molecule is [2H]c1c([2H])c([2H])c(-c2cc(-c3nc(-c4ccccc4)nc(-c4c([2H])c([2H])c5c([2H])c([2H])c(-c6ccccc6)c([2H])c5c4[2H])n3)c3c(c2)oc2ccccc23)c([2H])c1[2H]. The van der Waals surface area contributed by atoms with Crippen molar-refractivity contribution in [2.75, 3.05) is 0 Å². The Morgan fingerprint density at radius 2 is 1.09 bits per heavy atom. The molecule has 4 nitrogen and oxygen atoms in total. The molecule has 0 aliphatic heterocycles. The number of furan rings is 1. The Bertz CT molecular complexity index is 3160. The monoisotopic (exact) mass is 612 g/mol. The maximum Gasteiger partial charge on any atom is 0.164 e. The number of rotatable bonds is 5. The second kappa shape index (κ2) is 11.2. The van der Waals surface area contributed by atoms with E-state index < -0.39 is 42.3 Å². The lowest BCUT2D eigenvalue weighted by molar-refractivity contribution is 0.669. The molecule has 0 amide bonds. The van der Waals surface area contributed by atoms with Crippen molar-refractivity contribution in [3.63, 3.8) is 0 Å².